The number of hydrogen-bond donors (Lipinski definition) is 2. The van der Waals surface area contributed by atoms with Gasteiger partial charge in [0.15, 0.2) is 0 Å². The molecule has 0 bridgehead atoms. The zero-order valence-electron chi connectivity index (χ0n) is 12.0. The van der Waals surface area contributed by atoms with E-state index in [0.29, 0.717) is 26.1 Å². The van der Waals surface area contributed by atoms with Crippen LogP contribution in [0.25, 0.3) is 0 Å². The molecule has 0 heterocycles. The van der Waals surface area contributed by atoms with Crippen LogP contribution in [0.5, 0.6) is 0 Å². The molecule has 1 rings (SSSR count). The number of rotatable bonds is 8. The third-order valence-corrected chi connectivity index (χ3v) is 2.88. The summed E-state index contributed by atoms with van der Waals surface area (Å²) in [5.41, 5.74) is 0.973. The van der Waals surface area contributed by atoms with E-state index in [0.717, 1.165) is 5.56 Å². The molecule has 0 radical (unpaired) electrons. The predicted octanol–water partition coefficient (Wildman–Crippen LogP) is 1.09. The van der Waals surface area contributed by atoms with Crippen molar-refractivity contribution in [2.24, 2.45) is 5.92 Å². The van der Waals surface area contributed by atoms with E-state index in [9.17, 15) is 9.59 Å². The maximum Gasteiger partial charge on any atom is 0.310 e. The lowest BCUT2D eigenvalue weighted by molar-refractivity contribution is -0.149. The third kappa shape index (κ3) is 6.33. The SMILES string of the molecule is CNC(=O)CCNCC(C)C(=O)OCc1ccccc1. The van der Waals surface area contributed by atoms with Crippen LogP contribution < -0.4 is 10.6 Å². The average Bonchev–Trinajstić information content (AvgIpc) is 2.49. The fourth-order valence-corrected chi connectivity index (χ4v) is 1.60. The molecule has 0 fully saturated rings. The van der Waals surface area contributed by atoms with Gasteiger partial charge in [0.2, 0.25) is 5.91 Å². The van der Waals surface area contributed by atoms with E-state index in [1.807, 2.05) is 30.3 Å². The van der Waals surface area contributed by atoms with Crippen molar-refractivity contribution in [1.29, 1.82) is 0 Å². The summed E-state index contributed by atoms with van der Waals surface area (Å²) in [6.45, 7) is 3.16. The Balaban J connectivity index is 2.17. The van der Waals surface area contributed by atoms with Gasteiger partial charge in [-0.25, -0.2) is 0 Å². The lowest BCUT2D eigenvalue weighted by Gasteiger charge is -2.12. The summed E-state index contributed by atoms with van der Waals surface area (Å²) in [7, 11) is 1.60. The van der Waals surface area contributed by atoms with Crippen LogP contribution in [-0.4, -0.2) is 32.0 Å². The minimum absolute atomic E-state index is 0.0168. The van der Waals surface area contributed by atoms with Gasteiger partial charge in [0.05, 0.1) is 5.92 Å². The monoisotopic (exact) mass is 278 g/mol. The normalized spacial score (nSPS) is 11.7. The summed E-state index contributed by atoms with van der Waals surface area (Å²) in [5.74, 6) is -0.485. The Labute approximate surface area is 119 Å². The van der Waals surface area contributed by atoms with Crippen molar-refractivity contribution in [3.63, 3.8) is 0 Å². The van der Waals surface area contributed by atoms with Gasteiger partial charge in [0.1, 0.15) is 6.61 Å². The van der Waals surface area contributed by atoms with Gasteiger partial charge in [-0.1, -0.05) is 37.3 Å². The third-order valence-electron chi connectivity index (χ3n) is 2.88. The maximum absolute atomic E-state index is 11.8. The van der Waals surface area contributed by atoms with E-state index in [1.54, 1.807) is 14.0 Å². The van der Waals surface area contributed by atoms with Crippen molar-refractivity contribution in [2.45, 2.75) is 20.0 Å². The number of carbonyl (C=O) groups is 2. The first-order valence-electron chi connectivity index (χ1n) is 6.75. The van der Waals surface area contributed by atoms with E-state index in [1.165, 1.54) is 0 Å². The van der Waals surface area contributed by atoms with Crippen molar-refractivity contribution in [3.05, 3.63) is 35.9 Å². The van der Waals surface area contributed by atoms with Crippen molar-refractivity contribution in [1.82, 2.24) is 10.6 Å². The molecule has 5 nitrogen and oxygen atoms in total. The number of amides is 1. The molecule has 0 saturated carbocycles. The lowest BCUT2D eigenvalue weighted by Crippen LogP contribution is -2.31. The van der Waals surface area contributed by atoms with Crippen LogP contribution in [0.1, 0.15) is 18.9 Å². The van der Waals surface area contributed by atoms with Crippen LogP contribution in [0.15, 0.2) is 30.3 Å². The van der Waals surface area contributed by atoms with E-state index in [2.05, 4.69) is 10.6 Å². The van der Waals surface area contributed by atoms with Crippen molar-refractivity contribution in [3.8, 4) is 0 Å². The Morgan fingerprint density at radius 2 is 1.95 bits per heavy atom. The Morgan fingerprint density at radius 1 is 1.25 bits per heavy atom. The molecule has 1 aromatic rings. The van der Waals surface area contributed by atoms with Gasteiger partial charge < -0.3 is 15.4 Å². The molecule has 0 aromatic heterocycles. The van der Waals surface area contributed by atoms with Gasteiger partial charge in [-0.2, -0.15) is 0 Å². The van der Waals surface area contributed by atoms with Gasteiger partial charge >= 0.3 is 5.97 Å². The van der Waals surface area contributed by atoms with Gasteiger partial charge in [0, 0.05) is 26.6 Å². The molecular formula is C15H22N2O3. The topological polar surface area (TPSA) is 67.4 Å². The van der Waals surface area contributed by atoms with Crippen LogP contribution in [0.2, 0.25) is 0 Å². The molecule has 0 aliphatic rings. The van der Waals surface area contributed by atoms with E-state index in [4.69, 9.17) is 4.74 Å². The highest BCUT2D eigenvalue weighted by molar-refractivity contribution is 5.75. The van der Waals surface area contributed by atoms with Gasteiger partial charge in [-0.05, 0) is 5.56 Å². The summed E-state index contributed by atoms with van der Waals surface area (Å²) in [6.07, 6.45) is 0.405. The van der Waals surface area contributed by atoms with Crippen molar-refractivity contribution in [2.75, 3.05) is 20.1 Å². The second-order valence-corrected chi connectivity index (χ2v) is 4.62. The number of nitrogens with one attached hydrogen (secondary N) is 2. The Morgan fingerprint density at radius 3 is 2.60 bits per heavy atom. The number of benzene rings is 1. The summed E-state index contributed by atoms with van der Waals surface area (Å²) < 4.78 is 5.23. The van der Waals surface area contributed by atoms with E-state index in [-0.39, 0.29) is 17.8 Å². The average molecular weight is 278 g/mol. The second kappa shape index (κ2) is 9.09. The minimum Gasteiger partial charge on any atom is -0.461 e. The quantitative estimate of drug-likeness (QED) is 0.552. The lowest BCUT2D eigenvalue weighted by atomic mass is 10.2. The number of carbonyl (C=O) groups excluding carboxylic acids is 2. The summed E-state index contributed by atoms with van der Waals surface area (Å²) in [4.78, 5) is 22.8. The highest BCUT2D eigenvalue weighted by atomic mass is 16.5. The number of esters is 1. The molecule has 1 atom stereocenters. The van der Waals surface area contributed by atoms with Gasteiger partial charge in [-0.3, -0.25) is 9.59 Å². The molecule has 0 aliphatic carbocycles. The maximum atomic E-state index is 11.8. The first kappa shape index (κ1) is 16.2. The zero-order chi connectivity index (χ0) is 14.8. The second-order valence-electron chi connectivity index (χ2n) is 4.62. The molecule has 1 amide bonds. The standard InChI is InChI=1S/C15H22N2O3/c1-12(10-17-9-8-14(18)16-2)15(19)20-11-13-6-4-3-5-7-13/h3-7,12,17H,8-11H2,1-2H3,(H,16,18). The molecule has 1 unspecified atom stereocenters. The molecule has 2 N–H and O–H groups in total. The molecule has 0 saturated heterocycles. The molecule has 0 aliphatic heterocycles. The zero-order valence-corrected chi connectivity index (χ0v) is 12.0. The summed E-state index contributed by atoms with van der Waals surface area (Å²) in [5, 5.41) is 5.61. The minimum atomic E-state index is -0.235. The largest absolute Gasteiger partial charge is 0.461 e. The summed E-state index contributed by atoms with van der Waals surface area (Å²) in [6, 6.07) is 9.57. The van der Waals surface area contributed by atoms with E-state index < -0.39 is 0 Å². The van der Waals surface area contributed by atoms with Crippen LogP contribution in [-0.2, 0) is 20.9 Å². The molecule has 5 heteroatoms. The summed E-state index contributed by atoms with van der Waals surface area (Å²) >= 11 is 0. The predicted molar refractivity (Wildman–Crippen MR) is 77.0 cm³/mol. The van der Waals surface area contributed by atoms with Crippen LogP contribution in [0, 0.1) is 5.92 Å². The fourth-order valence-electron chi connectivity index (χ4n) is 1.60. The molecule has 20 heavy (non-hydrogen) atoms. The molecule has 0 spiro atoms. The fraction of sp³-hybridized carbons (Fsp3) is 0.467. The van der Waals surface area contributed by atoms with Gasteiger partial charge in [-0.15, -0.1) is 0 Å². The number of hydrogen-bond acceptors (Lipinski definition) is 4. The Hall–Kier alpha value is -1.88. The smallest absolute Gasteiger partial charge is 0.310 e. The van der Waals surface area contributed by atoms with Crippen LogP contribution in [0.4, 0.5) is 0 Å². The first-order valence-corrected chi connectivity index (χ1v) is 6.75. The van der Waals surface area contributed by atoms with Crippen LogP contribution >= 0.6 is 0 Å². The Kier molecular flexibility index (Phi) is 7.35. The number of ether oxygens (including phenoxy) is 1. The Bertz CT molecular complexity index is 420. The van der Waals surface area contributed by atoms with E-state index >= 15 is 0 Å². The van der Waals surface area contributed by atoms with Crippen molar-refractivity contribution < 1.29 is 14.3 Å². The van der Waals surface area contributed by atoms with Crippen molar-refractivity contribution >= 4 is 11.9 Å². The molecule has 110 valence electrons. The highest BCUT2D eigenvalue weighted by Crippen LogP contribution is 2.04. The van der Waals surface area contributed by atoms with Gasteiger partial charge in [0.25, 0.3) is 0 Å². The first-order chi connectivity index (χ1) is 9.63. The van der Waals surface area contributed by atoms with Crippen LogP contribution in [0.3, 0.4) is 0 Å². The molecular weight excluding hydrogens is 256 g/mol. The molecule has 1 aromatic carbocycles. The highest BCUT2D eigenvalue weighted by Gasteiger charge is 2.14.